The third kappa shape index (κ3) is 4.75. The van der Waals surface area contributed by atoms with Crippen LogP contribution in [-0.2, 0) is 14.8 Å². The highest BCUT2D eigenvalue weighted by molar-refractivity contribution is 7.89. The van der Waals surface area contributed by atoms with Crippen LogP contribution in [0.4, 0.5) is 11.4 Å². The molecular weight excluding hydrogens is 372 g/mol. The van der Waals surface area contributed by atoms with Gasteiger partial charge in [0.2, 0.25) is 15.9 Å². The van der Waals surface area contributed by atoms with Crippen molar-refractivity contribution in [1.29, 1.82) is 0 Å². The molecule has 1 fully saturated rings. The van der Waals surface area contributed by atoms with E-state index in [-0.39, 0.29) is 40.6 Å². The normalized spacial score (nSPS) is 20.9. The monoisotopic (exact) mass is 398 g/mol. The van der Waals surface area contributed by atoms with E-state index in [2.05, 4.69) is 5.32 Å². The van der Waals surface area contributed by atoms with E-state index in [1.54, 1.807) is 7.05 Å². The number of carbonyl (C=O) groups excluding carboxylic acids is 1. The van der Waals surface area contributed by atoms with Gasteiger partial charge in [-0.2, -0.15) is 4.31 Å². The van der Waals surface area contributed by atoms with Gasteiger partial charge in [0, 0.05) is 33.3 Å². The molecule has 9 nitrogen and oxygen atoms in total. The molecule has 1 aliphatic rings. The molecule has 2 rings (SSSR count). The molecule has 0 radical (unpaired) electrons. The fourth-order valence-electron chi connectivity index (χ4n) is 3.46. The fourth-order valence-corrected chi connectivity index (χ4v) is 5.16. The van der Waals surface area contributed by atoms with Crippen LogP contribution < -0.4 is 10.2 Å². The molecule has 1 aromatic carbocycles. The molecule has 1 N–H and O–H groups in total. The van der Waals surface area contributed by atoms with Crippen LogP contribution in [0.15, 0.2) is 23.1 Å². The first kappa shape index (κ1) is 21.1. The number of nitrogens with zero attached hydrogens (tertiary/aromatic N) is 3. The Morgan fingerprint density at radius 1 is 1.33 bits per heavy atom. The Bertz CT molecular complexity index is 817. The number of amides is 1. The Hall–Kier alpha value is -2.20. The zero-order chi connectivity index (χ0) is 20.4. The van der Waals surface area contributed by atoms with Gasteiger partial charge in [0.1, 0.15) is 5.69 Å². The van der Waals surface area contributed by atoms with Crippen LogP contribution >= 0.6 is 0 Å². The predicted octanol–water partition coefficient (Wildman–Crippen LogP) is 1.44. The maximum atomic E-state index is 13.0. The van der Waals surface area contributed by atoms with E-state index in [1.807, 2.05) is 13.8 Å². The Balaban J connectivity index is 2.39. The standard InChI is InChI=1S/C17H26N4O5S/c1-12-7-13(2)10-20(9-12)27(25,26)14-5-6-15(16(8-14)21(23)24)19(4)11-17(22)18-3/h5-6,8,12-13H,7,9-11H2,1-4H3,(H,18,22)/t12-,13-/m1/s1. The summed E-state index contributed by atoms with van der Waals surface area (Å²) in [6, 6.07) is 3.82. The summed E-state index contributed by atoms with van der Waals surface area (Å²) >= 11 is 0. The van der Waals surface area contributed by atoms with Crippen LogP contribution in [0.25, 0.3) is 0 Å². The minimum absolute atomic E-state index is 0.0788. The Morgan fingerprint density at radius 2 is 1.93 bits per heavy atom. The molecule has 10 heteroatoms. The smallest absolute Gasteiger partial charge is 0.293 e. The van der Waals surface area contributed by atoms with Gasteiger partial charge in [0.25, 0.3) is 5.69 Å². The average molecular weight is 398 g/mol. The molecule has 1 heterocycles. The van der Waals surface area contributed by atoms with Crippen molar-refractivity contribution in [3.63, 3.8) is 0 Å². The molecule has 150 valence electrons. The summed E-state index contributed by atoms with van der Waals surface area (Å²) in [4.78, 5) is 23.7. The van der Waals surface area contributed by atoms with Crippen LogP contribution in [0.2, 0.25) is 0 Å². The highest BCUT2D eigenvalue weighted by Gasteiger charge is 2.33. The number of nitrogens with one attached hydrogen (secondary N) is 1. The maximum absolute atomic E-state index is 13.0. The quantitative estimate of drug-likeness (QED) is 0.573. The Labute approximate surface area is 159 Å². The lowest BCUT2D eigenvalue weighted by atomic mass is 9.94. The van der Waals surface area contributed by atoms with Gasteiger partial charge >= 0.3 is 0 Å². The maximum Gasteiger partial charge on any atom is 0.293 e. The number of nitro groups is 1. The van der Waals surface area contributed by atoms with E-state index in [9.17, 15) is 23.3 Å². The third-order valence-corrected chi connectivity index (χ3v) is 6.52. The predicted molar refractivity (Wildman–Crippen MR) is 102 cm³/mol. The molecule has 0 unspecified atom stereocenters. The second-order valence-electron chi connectivity index (χ2n) is 7.20. The lowest BCUT2D eigenvalue weighted by Crippen LogP contribution is -2.42. The van der Waals surface area contributed by atoms with Gasteiger partial charge in [-0.05, 0) is 30.4 Å². The lowest BCUT2D eigenvalue weighted by Gasteiger charge is -2.34. The third-order valence-electron chi connectivity index (χ3n) is 4.69. The number of nitro benzene ring substituents is 1. The largest absolute Gasteiger partial charge is 0.360 e. The fraction of sp³-hybridized carbons (Fsp3) is 0.588. The molecule has 0 saturated carbocycles. The molecule has 1 saturated heterocycles. The average Bonchev–Trinajstić information content (AvgIpc) is 2.60. The first-order valence-corrected chi connectivity index (χ1v) is 10.2. The number of anilines is 1. The topological polar surface area (TPSA) is 113 Å². The van der Waals surface area contributed by atoms with Gasteiger partial charge in [-0.3, -0.25) is 14.9 Å². The summed E-state index contributed by atoms with van der Waals surface area (Å²) < 4.78 is 27.4. The molecule has 1 amide bonds. The molecule has 27 heavy (non-hydrogen) atoms. The van der Waals surface area contributed by atoms with Gasteiger partial charge in [-0.1, -0.05) is 13.8 Å². The van der Waals surface area contributed by atoms with Crippen molar-refractivity contribution in [2.45, 2.75) is 25.2 Å². The van der Waals surface area contributed by atoms with Crippen molar-refractivity contribution in [3.8, 4) is 0 Å². The number of likely N-dealkylation sites (N-methyl/N-ethyl adjacent to an activating group) is 2. The summed E-state index contributed by atoms with van der Waals surface area (Å²) in [5.41, 5.74) is -0.163. The summed E-state index contributed by atoms with van der Waals surface area (Å²) in [7, 11) is -0.808. The van der Waals surface area contributed by atoms with E-state index < -0.39 is 14.9 Å². The van der Waals surface area contributed by atoms with Crippen LogP contribution in [-0.4, -0.2) is 57.3 Å². The number of carbonyl (C=O) groups is 1. The zero-order valence-corrected chi connectivity index (χ0v) is 16.8. The molecule has 1 aromatic rings. The van der Waals surface area contributed by atoms with E-state index >= 15 is 0 Å². The molecule has 0 spiro atoms. The summed E-state index contributed by atoms with van der Waals surface area (Å²) in [5.74, 6) is 0.160. The second-order valence-corrected chi connectivity index (χ2v) is 9.14. The second kappa shape index (κ2) is 8.22. The SMILES string of the molecule is CNC(=O)CN(C)c1ccc(S(=O)(=O)N2C[C@H](C)C[C@@H](C)C2)cc1[N+](=O)[O-]. The first-order valence-electron chi connectivity index (χ1n) is 8.76. The van der Waals surface area contributed by atoms with E-state index in [0.717, 1.165) is 12.5 Å². The number of hydrogen-bond donors (Lipinski definition) is 1. The number of hydrogen-bond acceptors (Lipinski definition) is 6. The van der Waals surface area contributed by atoms with Crippen LogP contribution in [0.5, 0.6) is 0 Å². The van der Waals surface area contributed by atoms with Crippen LogP contribution in [0.3, 0.4) is 0 Å². The molecule has 0 bridgehead atoms. The van der Waals surface area contributed by atoms with Crippen molar-refractivity contribution in [2.24, 2.45) is 11.8 Å². The van der Waals surface area contributed by atoms with Crippen molar-refractivity contribution in [3.05, 3.63) is 28.3 Å². The van der Waals surface area contributed by atoms with E-state index in [0.29, 0.717) is 13.1 Å². The number of piperidine rings is 1. The number of rotatable bonds is 6. The van der Waals surface area contributed by atoms with Gasteiger partial charge < -0.3 is 10.2 Å². The molecular formula is C17H26N4O5S. The molecule has 0 aromatic heterocycles. The van der Waals surface area contributed by atoms with Gasteiger partial charge in [0.05, 0.1) is 16.4 Å². The first-order chi connectivity index (χ1) is 12.6. The van der Waals surface area contributed by atoms with Crippen molar-refractivity contribution >= 4 is 27.3 Å². The minimum Gasteiger partial charge on any atom is -0.360 e. The molecule has 1 aliphatic heterocycles. The van der Waals surface area contributed by atoms with Gasteiger partial charge in [-0.15, -0.1) is 0 Å². The minimum atomic E-state index is -3.82. The molecule has 2 atom stereocenters. The Morgan fingerprint density at radius 3 is 2.44 bits per heavy atom. The number of sulfonamides is 1. The van der Waals surface area contributed by atoms with Crippen molar-refractivity contribution in [2.75, 3.05) is 38.6 Å². The van der Waals surface area contributed by atoms with Crippen LogP contribution in [0, 0.1) is 22.0 Å². The van der Waals surface area contributed by atoms with E-state index in [4.69, 9.17) is 0 Å². The lowest BCUT2D eigenvalue weighted by molar-refractivity contribution is -0.384. The van der Waals surface area contributed by atoms with Crippen molar-refractivity contribution < 1.29 is 18.1 Å². The number of benzene rings is 1. The summed E-state index contributed by atoms with van der Waals surface area (Å²) in [6.07, 6.45) is 0.954. The summed E-state index contributed by atoms with van der Waals surface area (Å²) in [6.45, 7) is 4.72. The zero-order valence-electron chi connectivity index (χ0n) is 16.0. The van der Waals surface area contributed by atoms with Gasteiger partial charge in [-0.25, -0.2) is 8.42 Å². The van der Waals surface area contributed by atoms with Crippen LogP contribution in [0.1, 0.15) is 20.3 Å². The van der Waals surface area contributed by atoms with Crippen molar-refractivity contribution in [1.82, 2.24) is 9.62 Å². The van der Waals surface area contributed by atoms with E-state index in [1.165, 1.54) is 28.4 Å². The highest BCUT2D eigenvalue weighted by Crippen LogP contribution is 2.33. The van der Waals surface area contributed by atoms with Gasteiger partial charge in [0.15, 0.2) is 0 Å². The Kier molecular flexibility index (Phi) is 6.42. The molecule has 0 aliphatic carbocycles. The summed E-state index contributed by atoms with van der Waals surface area (Å²) in [5, 5.41) is 14.0. The highest BCUT2D eigenvalue weighted by atomic mass is 32.2.